The van der Waals surface area contributed by atoms with Crippen LogP contribution in [0, 0.1) is 5.82 Å². The van der Waals surface area contributed by atoms with Gasteiger partial charge in [-0.2, -0.15) is 0 Å². The maximum atomic E-state index is 13.3. The van der Waals surface area contributed by atoms with Gasteiger partial charge in [0, 0.05) is 25.6 Å². The van der Waals surface area contributed by atoms with Gasteiger partial charge in [-0.3, -0.25) is 0 Å². The highest BCUT2D eigenvalue weighted by Crippen LogP contribution is 2.18. The van der Waals surface area contributed by atoms with E-state index in [1.54, 1.807) is 6.07 Å². The number of hydrogen-bond acceptors (Lipinski definition) is 7. The normalized spacial score (nSPS) is 18.5. The Morgan fingerprint density at radius 3 is 3.08 bits per heavy atom. The highest BCUT2D eigenvalue weighted by atomic mass is 35.5. The summed E-state index contributed by atoms with van der Waals surface area (Å²) in [6.07, 6.45) is 2.43. The summed E-state index contributed by atoms with van der Waals surface area (Å²) in [5.74, 6) is -0.498. The third-order valence-electron chi connectivity index (χ3n) is 4.16. The minimum atomic E-state index is -0.498. The van der Waals surface area contributed by atoms with Gasteiger partial charge in [0.25, 0.3) is 0 Å². The quantitative estimate of drug-likeness (QED) is 0.411. The van der Waals surface area contributed by atoms with Crippen LogP contribution in [-0.4, -0.2) is 40.4 Å². The van der Waals surface area contributed by atoms with E-state index >= 15 is 0 Å². The molecule has 2 heterocycles. The Hall–Kier alpha value is -2.03. The molecular weight excluding hydrogens is 349 g/mol. The first-order chi connectivity index (χ1) is 12.2. The summed E-state index contributed by atoms with van der Waals surface area (Å²) in [6, 6.07) is 4.68. The highest BCUT2D eigenvalue weighted by Gasteiger charge is 2.20. The van der Waals surface area contributed by atoms with Crippen molar-refractivity contribution in [1.82, 2.24) is 20.9 Å². The lowest BCUT2D eigenvalue weighted by molar-refractivity contribution is 0.298. The summed E-state index contributed by atoms with van der Waals surface area (Å²) in [4.78, 5) is 0. The van der Waals surface area contributed by atoms with E-state index in [4.69, 9.17) is 16.2 Å². The van der Waals surface area contributed by atoms with Gasteiger partial charge >= 0.3 is 0 Å². The van der Waals surface area contributed by atoms with Crippen molar-refractivity contribution in [3.05, 3.63) is 46.0 Å². The lowest BCUT2D eigenvalue weighted by Crippen LogP contribution is -2.42. The van der Waals surface area contributed by atoms with E-state index in [0.717, 1.165) is 25.9 Å². The fourth-order valence-corrected chi connectivity index (χ4v) is 3.02. The van der Waals surface area contributed by atoms with Crippen LogP contribution in [0.15, 0.2) is 28.0 Å². The van der Waals surface area contributed by atoms with Crippen molar-refractivity contribution in [2.45, 2.75) is 31.8 Å². The summed E-state index contributed by atoms with van der Waals surface area (Å²) in [5, 5.41) is 27.2. The summed E-state index contributed by atoms with van der Waals surface area (Å²) in [5.41, 5.74) is 1.91. The van der Waals surface area contributed by atoms with Gasteiger partial charge in [0.15, 0.2) is 5.69 Å². The van der Waals surface area contributed by atoms with E-state index in [2.05, 4.69) is 26.1 Å². The SMILES string of the molecule is ON=C(Cc1ccc(F)c(Cl)c1)c1nonc1CNC1CCCNC1. The molecule has 134 valence electrons. The number of oxime groups is 1. The van der Waals surface area contributed by atoms with Crippen LogP contribution in [0.25, 0.3) is 0 Å². The van der Waals surface area contributed by atoms with E-state index < -0.39 is 5.82 Å². The maximum Gasteiger partial charge on any atom is 0.157 e. The number of nitrogens with zero attached hydrogens (tertiary/aromatic N) is 3. The van der Waals surface area contributed by atoms with Gasteiger partial charge in [-0.15, -0.1) is 0 Å². The first-order valence-corrected chi connectivity index (χ1v) is 8.46. The minimum Gasteiger partial charge on any atom is -0.411 e. The molecule has 1 unspecified atom stereocenters. The number of aromatic nitrogens is 2. The molecule has 1 aliphatic heterocycles. The molecule has 1 fully saturated rings. The van der Waals surface area contributed by atoms with Gasteiger partial charge in [-0.25, -0.2) is 9.02 Å². The lowest BCUT2D eigenvalue weighted by Gasteiger charge is -2.23. The molecule has 0 amide bonds. The Morgan fingerprint density at radius 1 is 1.48 bits per heavy atom. The number of piperidine rings is 1. The topological polar surface area (TPSA) is 95.6 Å². The molecule has 2 aromatic rings. The third-order valence-corrected chi connectivity index (χ3v) is 4.45. The van der Waals surface area contributed by atoms with Crippen molar-refractivity contribution in [2.75, 3.05) is 13.1 Å². The van der Waals surface area contributed by atoms with Gasteiger partial charge in [-0.1, -0.05) is 28.0 Å². The van der Waals surface area contributed by atoms with Crippen LogP contribution in [-0.2, 0) is 13.0 Å². The average molecular weight is 368 g/mol. The minimum absolute atomic E-state index is 0.0137. The Kier molecular flexibility index (Phi) is 5.95. The fourth-order valence-electron chi connectivity index (χ4n) is 2.82. The zero-order valence-electron chi connectivity index (χ0n) is 13.5. The second-order valence-corrected chi connectivity index (χ2v) is 6.36. The number of hydrogen-bond donors (Lipinski definition) is 3. The Bertz CT molecular complexity index is 746. The Morgan fingerprint density at radius 2 is 2.36 bits per heavy atom. The Labute approximate surface area is 149 Å². The van der Waals surface area contributed by atoms with E-state index in [0.29, 0.717) is 29.5 Å². The Balaban J connectivity index is 1.69. The van der Waals surface area contributed by atoms with Crippen LogP contribution in [0.3, 0.4) is 0 Å². The van der Waals surface area contributed by atoms with Crippen molar-refractivity contribution in [2.24, 2.45) is 5.16 Å². The largest absolute Gasteiger partial charge is 0.411 e. The number of rotatable bonds is 6. The average Bonchev–Trinajstić information content (AvgIpc) is 3.10. The molecule has 0 spiro atoms. The van der Waals surface area contributed by atoms with Gasteiger partial charge in [0.05, 0.1) is 5.02 Å². The van der Waals surface area contributed by atoms with Crippen molar-refractivity contribution < 1.29 is 14.2 Å². The van der Waals surface area contributed by atoms with E-state index in [9.17, 15) is 9.60 Å². The molecule has 3 N–H and O–H groups in total. The smallest absolute Gasteiger partial charge is 0.157 e. The molecule has 25 heavy (non-hydrogen) atoms. The molecule has 0 bridgehead atoms. The predicted molar refractivity (Wildman–Crippen MR) is 90.5 cm³/mol. The lowest BCUT2D eigenvalue weighted by atomic mass is 10.0. The molecule has 0 aliphatic carbocycles. The number of nitrogens with one attached hydrogen (secondary N) is 2. The van der Waals surface area contributed by atoms with Crippen molar-refractivity contribution in [3.63, 3.8) is 0 Å². The summed E-state index contributed by atoms with van der Waals surface area (Å²) < 4.78 is 18.1. The van der Waals surface area contributed by atoms with Crippen LogP contribution >= 0.6 is 11.6 Å². The van der Waals surface area contributed by atoms with Crippen LogP contribution in [0.5, 0.6) is 0 Å². The van der Waals surface area contributed by atoms with Crippen LogP contribution in [0.1, 0.15) is 29.8 Å². The van der Waals surface area contributed by atoms with Gasteiger partial charge < -0.3 is 15.8 Å². The molecule has 1 saturated heterocycles. The maximum absolute atomic E-state index is 13.3. The van der Waals surface area contributed by atoms with Crippen LogP contribution < -0.4 is 10.6 Å². The molecule has 1 atom stereocenters. The monoisotopic (exact) mass is 367 g/mol. The van der Waals surface area contributed by atoms with Gasteiger partial charge in [0.2, 0.25) is 0 Å². The van der Waals surface area contributed by atoms with Gasteiger partial charge in [0.1, 0.15) is 17.2 Å². The van der Waals surface area contributed by atoms with E-state index in [1.807, 2.05) is 0 Å². The zero-order chi connectivity index (χ0) is 17.6. The molecule has 1 aromatic carbocycles. The number of benzene rings is 1. The van der Waals surface area contributed by atoms with Crippen molar-refractivity contribution in [1.29, 1.82) is 0 Å². The van der Waals surface area contributed by atoms with Crippen molar-refractivity contribution >= 4 is 17.3 Å². The van der Waals surface area contributed by atoms with Crippen LogP contribution in [0.2, 0.25) is 5.02 Å². The van der Waals surface area contributed by atoms with E-state index in [-0.39, 0.29) is 17.2 Å². The second-order valence-electron chi connectivity index (χ2n) is 5.96. The summed E-state index contributed by atoms with van der Waals surface area (Å²) in [7, 11) is 0. The molecule has 1 aliphatic rings. The first-order valence-electron chi connectivity index (χ1n) is 8.08. The fraction of sp³-hybridized carbons (Fsp3) is 0.438. The number of halogens is 2. The predicted octanol–water partition coefficient (Wildman–Crippen LogP) is 2.12. The first kappa shape index (κ1) is 17.8. The molecule has 9 heteroatoms. The third kappa shape index (κ3) is 4.53. The summed E-state index contributed by atoms with van der Waals surface area (Å²) >= 11 is 5.79. The molecule has 0 radical (unpaired) electrons. The molecule has 3 rings (SSSR count). The van der Waals surface area contributed by atoms with Crippen LogP contribution in [0.4, 0.5) is 4.39 Å². The standard InChI is InChI=1S/C16H19ClFN5O2/c17-12-6-10(3-4-13(12)18)7-14(21-24)16-15(22-25-23-16)9-20-11-2-1-5-19-8-11/h3-4,6,11,19-20,24H,1-2,5,7-9H2. The zero-order valence-corrected chi connectivity index (χ0v) is 14.3. The van der Waals surface area contributed by atoms with Gasteiger partial charge in [-0.05, 0) is 42.2 Å². The second kappa shape index (κ2) is 8.37. The molecular formula is C16H19ClFN5O2. The van der Waals surface area contributed by atoms with Crippen molar-refractivity contribution in [3.8, 4) is 0 Å². The summed E-state index contributed by atoms with van der Waals surface area (Å²) in [6.45, 7) is 2.39. The highest BCUT2D eigenvalue weighted by molar-refractivity contribution is 6.30. The van der Waals surface area contributed by atoms with E-state index in [1.165, 1.54) is 12.1 Å². The molecule has 1 aromatic heterocycles. The molecule has 0 saturated carbocycles. The molecule has 7 nitrogen and oxygen atoms in total.